The van der Waals surface area contributed by atoms with Gasteiger partial charge in [-0.2, -0.15) is 0 Å². The van der Waals surface area contributed by atoms with Crippen molar-refractivity contribution in [3.8, 4) is 0 Å². The largest absolute Gasteiger partial charge is 0.325 e. The average Bonchev–Trinajstić information content (AvgIpc) is 2.46. The van der Waals surface area contributed by atoms with Gasteiger partial charge in [0.25, 0.3) is 0 Å². The molecule has 2 aromatic carbocycles. The van der Waals surface area contributed by atoms with Gasteiger partial charge in [-0.05, 0) is 30.7 Å². The van der Waals surface area contributed by atoms with Crippen LogP contribution in [0.1, 0.15) is 23.6 Å². The lowest BCUT2D eigenvalue weighted by atomic mass is 10.1. The van der Waals surface area contributed by atoms with Gasteiger partial charge in [0, 0.05) is 12.2 Å². The summed E-state index contributed by atoms with van der Waals surface area (Å²) in [5, 5.41) is 6.29. The van der Waals surface area contributed by atoms with Crippen LogP contribution in [0, 0.1) is 6.92 Å². The van der Waals surface area contributed by atoms with Crippen molar-refractivity contribution in [2.75, 3.05) is 11.9 Å². The zero-order chi connectivity index (χ0) is 15.1. The van der Waals surface area contributed by atoms with Crippen LogP contribution in [0.5, 0.6) is 0 Å². The molecule has 0 saturated carbocycles. The van der Waals surface area contributed by atoms with Crippen LogP contribution >= 0.6 is 12.4 Å². The molecule has 0 heterocycles. The Balaban J connectivity index is 0.00000242. The van der Waals surface area contributed by atoms with Crippen molar-refractivity contribution < 1.29 is 4.79 Å². The summed E-state index contributed by atoms with van der Waals surface area (Å²) in [6, 6.07) is 16.0. The monoisotopic (exact) mass is 318 g/mol. The van der Waals surface area contributed by atoms with E-state index in [2.05, 4.69) is 17.6 Å². The van der Waals surface area contributed by atoms with Crippen LogP contribution in [-0.4, -0.2) is 12.5 Å². The fourth-order valence-electron chi connectivity index (χ4n) is 2.26. The third-order valence-electron chi connectivity index (χ3n) is 3.30. The van der Waals surface area contributed by atoms with E-state index in [0.717, 1.165) is 29.9 Å². The number of aryl methyl sites for hydroxylation is 1. The summed E-state index contributed by atoms with van der Waals surface area (Å²) in [4.78, 5) is 12.2. The Bertz CT molecular complexity index is 614. The van der Waals surface area contributed by atoms with Crippen LogP contribution < -0.4 is 10.6 Å². The molecule has 0 aliphatic heterocycles. The van der Waals surface area contributed by atoms with Gasteiger partial charge in [-0.1, -0.05) is 55.0 Å². The number of hydrogen-bond donors (Lipinski definition) is 2. The first kappa shape index (κ1) is 18.2. The first-order chi connectivity index (χ1) is 10.2. The van der Waals surface area contributed by atoms with Gasteiger partial charge in [-0.25, -0.2) is 0 Å². The van der Waals surface area contributed by atoms with Gasteiger partial charge >= 0.3 is 0 Å². The van der Waals surface area contributed by atoms with Gasteiger partial charge in [0.1, 0.15) is 0 Å². The molecule has 0 saturated heterocycles. The maximum absolute atomic E-state index is 12.2. The first-order valence-electron chi connectivity index (χ1n) is 7.33. The van der Waals surface area contributed by atoms with Crippen molar-refractivity contribution in [1.29, 1.82) is 0 Å². The highest BCUT2D eigenvalue weighted by Crippen LogP contribution is 2.15. The minimum atomic E-state index is 0. The Kier molecular flexibility index (Phi) is 7.64. The lowest BCUT2D eigenvalue weighted by Gasteiger charge is -2.11. The highest BCUT2D eigenvalue weighted by Gasteiger charge is 2.07. The molecule has 22 heavy (non-hydrogen) atoms. The molecule has 0 aliphatic rings. The summed E-state index contributed by atoms with van der Waals surface area (Å²) >= 11 is 0. The van der Waals surface area contributed by atoms with Crippen molar-refractivity contribution in [2.45, 2.75) is 26.8 Å². The number of carbonyl (C=O) groups is 1. The summed E-state index contributed by atoms with van der Waals surface area (Å²) in [5.74, 6) is 0.0181. The number of para-hydroxylation sites is 1. The molecule has 1 amide bonds. The van der Waals surface area contributed by atoms with Crippen LogP contribution in [0.3, 0.4) is 0 Å². The zero-order valence-corrected chi connectivity index (χ0v) is 13.9. The van der Waals surface area contributed by atoms with Gasteiger partial charge < -0.3 is 10.6 Å². The van der Waals surface area contributed by atoms with Gasteiger partial charge in [0.05, 0.1) is 6.42 Å². The highest BCUT2D eigenvalue weighted by atomic mass is 35.5. The second kappa shape index (κ2) is 9.23. The molecular formula is C18H23ClN2O. The molecule has 118 valence electrons. The number of benzene rings is 2. The van der Waals surface area contributed by atoms with E-state index in [4.69, 9.17) is 0 Å². The third-order valence-corrected chi connectivity index (χ3v) is 3.30. The SMILES string of the molecule is CCNCc1ccccc1NC(=O)Cc1cccc(C)c1.Cl. The summed E-state index contributed by atoms with van der Waals surface area (Å²) in [5.41, 5.74) is 4.21. The second-order valence-electron chi connectivity index (χ2n) is 5.15. The molecule has 0 fully saturated rings. The Morgan fingerprint density at radius 3 is 2.59 bits per heavy atom. The van der Waals surface area contributed by atoms with Crippen molar-refractivity contribution in [1.82, 2.24) is 5.32 Å². The van der Waals surface area contributed by atoms with Gasteiger partial charge in [0.15, 0.2) is 0 Å². The molecule has 2 aromatic rings. The molecule has 3 nitrogen and oxygen atoms in total. The number of rotatable bonds is 6. The van der Waals surface area contributed by atoms with Crippen LogP contribution in [0.2, 0.25) is 0 Å². The number of amides is 1. The fraction of sp³-hybridized carbons (Fsp3) is 0.278. The summed E-state index contributed by atoms with van der Waals surface area (Å²) in [7, 11) is 0. The van der Waals surface area contributed by atoms with Crippen LogP contribution in [0.4, 0.5) is 5.69 Å². The first-order valence-corrected chi connectivity index (χ1v) is 7.33. The van der Waals surface area contributed by atoms with E-state index in [0.29, 0.717) is 6.42 Å². The average molecular weight is 319 g/mol. The van der Waals surface area contributed by atoms with Gasteiger partial charge in [-0.3, -0.25) is 4.79 Å². The Labute approximate surface area is 138 Å². The quantitative estimate of drug-likeness (QED) is 0.852. The maximum Gasteiger partial charge on any atom is 0.228 e. The highest BCUT2D eigenvalue weighted by molar-refractivity contribution is 5.93. The summed E-state index contributed by atoms with van der Waals surface area (Å²) in [6.45, 7) is 5.77. The lowest BCUT2D eigenvalue weighted by molar-refractivity contribution is -0.115. The van der Waals surface area contributed by atoms with Crippen molar-refractivity contribution in [3.63, 3.8) is 0 Å². The minimum absolute atomic E-state index is 0. The van der Waals surface area contributed by atoms with Crippen LogP contribution in [0.15, 0.2) is 48.5 Å². The van der Waals surface area contributed by atoms with Crippen molar-refractivity contribution >= 4 is 24.0 Å². The summed E-state index contributed by atoms with van der Waals surface area (Å²) in [6.07, 6.45) is 0.400. The predicted octanol–water partition coefficient (Wildman–Crippen LogP) is 3.71. The maximum atomic E-state index is 12.2. The smallest absolute Gasteiger partial charge is 0.228 e. The molecule has 0 aliphatic carbocycles. The Morgan fingerprint density at radius 2 is 1.86 bits per heavy atom. The zero-order valence-electron chi connectivity index (χ0n) is 13.1. The molecule has 0 aromatic heterocycles. The van der Waals surface area contributed by atoms with E-state index < -0.39 is 0 Å². The fourth-order valence-corrected chi connectivity index (χ4v) is 2.26. The molecule has 2 N–H and O–H groups in total. The van der Waals surface area contributed by atoms with E-state index in [1.165, 1.54) is 5.56 Å². The number of carbonyl (C=O) groups excluding carboxylic acids is 1. The van der Waals surface area contributed by atoms with E-state index >= 15 is 0 Å². The van der Waals surface area contributed by atoms with Crippen LogP contribution in [0.25, 0.3) is 0 Å². The molecule has 0 spiro atoms. The van der Waals surface area contributed by atoms with E-state index in [1.807, 2.05) is 55.5 Å². The molecule has 0 atom stereocenters. The molecular weight excluding hydrogens is 296 g/mol. The third kappa shape index (κ3) is 5.51. The minimum Gasteiger partial charge on any atom is -0.325 e. The topological polar surface area (TPSA) is 41.1 Å². The van der Waals surface area contributed by atoms with E-state index in [-0.39, 0.29) is 18.3 Å². The number of halogens is 1. The number of hydrogen-bond acceptors (Lipinski definition) is 2. The van der Waals surface area contributed by atoms with Crippen molar-refractivity contribution in [3.05, 3.63) is 65.2 Å². The number of anilines is 1. The molecule has 4 heteroatoms. The molecule has 0 unspecified atom stereocenters. The molecule has 0 radical (unpaired) electrons. The van der Waals surface area contributed by atoms with Gasteiger partial charge in [-0.15, -0.1) is 12.4 Å². The second-order valence-corrected chi connectivity index (χ2v) is 5.15. The molecule has 0 bridgehead atoms. The van der Waals surface area contributed by atoms with Crippen molar-refractivity contribution in [2.24, 2.45) is 0 Å². The predicted molar refractivity (Wildman–Crippen MR) is 94.6 cm³/mol. The standard InChI is InChI=1S/C18H22N2O.ClH/c1-3-19-13-16-9-4-5-10-17(16)20-18(21)12-15-8-6-7-14(2)11-15;/h4-11,19H,3,12-13H2,1-2H3,(H,20,21);1H. The number of nitrogens with one attached hydrogen (secondary N) is 2. The normalized spacial score (nSPS) is 9.91. The Morgan fingerprint density at radius 1 is 1.09 bits per heavy atom. The molecule has 2 rings (SSSR count). The lowest BCUT2D eigenvalue weighted by Crippen LogP contribution is -2.18. The summed E-state index contributed by atoms with van der Waals surface area (Å²) < 4.78 is 0. The van der Waals surface area contributed by atoms with E-state index in [1.54, 1.807) is 0 Å². The van der Waals surface area contributed by atoms with E-state index in [9.17, 15) is 4.79 Å². The Hall–Kier alpha value is -1.84. The van der Waals surface area contributed by atoms with Crippen LogP contribution in [-0.2, 0) is 17.8 Å². The van der Waals surface area contributed by atoms with Gasteiger partial charge in [0.2, 0.25) is 5.91 Å².